The van der Waals surface area contributed by atoms with Crippen molar-refractivity contribution in [3.63, 3.8) is 0 Å². The van der Waals surface area contributed by atoms with Crippen molar-refractivity contribution >= 4 is 11.6 Å². The molecular formula is C21H32N6O. The monoisotopic (exact) mass is 384 g/mol. The third kappa shape index (κ3) is 5.41. The van der Waals surface area contributed by atoms with E-state index in [-0.39, 0.29) is 0 Å². The second-order valence-corrected chi connectivity index (χ2v) is 7.20. The molecule has 0 amide bonds. The minimum absolute atomic E-state index is 0.437. The molecule has 0 saturated carbocycles. The number of rotatable bonds is 7. The third-order valence-corrected chi connectivity index (χ3v) is 4.94. The van der Waals surface area contributed by atoms with E-state index in [0.29, 0.717) is 5.92 Å². The second kappa shape index (κ2) is 10.0. The molecule has 1 atom stereocenters. The van der Waals surface area contributed by atoms with Gasteiger partial charge in [-0.2, -0.15) is 5.10 Å². The van der Waals surface area contributed by atoms with Crippen LogP contribution in [0.3, 0.4) is 0 Å². The van der Waals surface area contributed by atoms with E-state index in [1.165, 1.54) is 5.69 Å². The molecule has 1 aromatic carbocycles. The zero-order chi connectivity index (χ0) is 19.8. The van der Waals surface area contributed by atoms with Crippen LogP contribution in [0.4, 0.5) is 5.69 Å². The number of nitrogens with one attached hydrogen (secondary N) is 1. The third-order valence-electron chi connectivity index (χ3n) is 4.94. The molecule has 0 aliphatic carbocycles. The minimum atomic E-state index is 0.437. The summed E-state index contributed by atoms with van der Waals surface area (Å²) < 4.78 is 7.33. The average Bonchev–Trinajstić information content (AvgIpc) is 3.24. The first-order valence-corrected chi connectivity index (χ1v) is 10.1. The number of aliphatic imine (C=N–C) groups is 1. The van der Waals surface area contributed by atoms with E-state index >= 15 is 0 Å². The molecule has 1 fully saturated rings. The van der Waals surface area contributed by atoms with Crippen LogP contribution in [0.5, 0.6) is 5.75 Å². The summed E-state index contributed by atoms with van der Waals surface area (Å²) >= 11 is 0. The van der Waals surface area contributed by atoms with Gasteiger partial charge in [0, 0.05) is 70.0 Å². The van der Waals surface area contributed by atoms with E-state index < -0.39 is 0 Å². The summed E-state index contributed by atoms with van der Waals surface area (Å²) in [5.41, 5.74) is 1.22. The van der Waals surface area contributed by atoms with E-state index in [4.69, 9.17) is 9.73 Å². The van der Waals surface area contributed by atoms with Crippen LogP contribution in [0.1, 0.15) is 13.8 Å². The zero-order valence-corrected chi connectivity index (χ0v) is 17.2. The summed E-state index contributed by atoms with van der Waals surface area (Å²) in [4.78, 5) is 9.66. The highest BCUT2D eigenvalue weighted by atomic mass is 16.5. The molecule has 0 spiro atoms. The molecule has 2 aromatic rings. The van der Waals surface area contributed by atoms with Gasteiger partial charge >= 0.3 is 0 Å². The van der Waals surface area contributed by atoms with Gasteiger partial charge in [-0.3, -0.25) is 9.67 Å². The highest BCUT2D eigenvalue weighted by Crippen LogP contribution is 2.22. The van der Waals surface area contributed by atoms with Crippen LogP contribution in [-0.4, -0.2) is 67.0 Å². The minimum Gasteiger partial charge on any atom is -0.497 e. The Morgan fingerprint density at radius 1 is 1.25 bits per heavy atom. The molecule has 28 heavy (non-hydrogen) atoms. The Hall–Kier alpha value is -2.70. The fourth-order valence-corrected chi connectivity index (χ4v) is 3.44. The summed E-state index contributed by atoms with van der Waals surface area (Å²) in [7, 11) is 1.71. The molecule has 1 N–H and O–H groups in total. The van der Waals surface area contributed by atoms with E-state index in [1.54, 1.807) is 7.11 Å². The fraction of sp³-hybridized carbons (Fsp3) is 0.524. The molecular weight excluding hydrogens is 352 g/mol. The summed E-state index contributed by atoms with van der Waals surface area (Å²) in [6.45, 7) is 10.7. The van der Waals surface area contributed by atoms with Crippen LogP contribution < -0.4 is 15.0 Å². The number of ether oxygens (including phenoxy) is 1. The molecule has 0 bridgehead atoms. The van der Waals surface area contributed by atoms with Crippen molar-refractivity contribution in [3.8, 4) is 5.75 Å². The van der Waals surface area contributed by atoms with Crippen LogP contribution in [0.15, 0.2) is 47.7 Å². The molecule has 1 aromatic heterocycles. The molecule has 152 valence electrons. The molecule has 1 saturated heterocycles. The Morgan fingerprint density at radius 2 is 2.07 bits per heavy atom. The van der Waals surface area contributed by atoms with E-state index in [2.05, 4.69) is 46.2 Å². The van der Waals surface area contributed by atoms with Gasteiger partial charge in [-0.05, 0) is 31.0 Å². The molecule has 7 nitrogen and oxygen atoms in total. The molecule has 3 rings (SSSR count). The van der Waals surface area contributed by atoms with Crippen LogP contribution >= 0.6 is 0 Å². The van der Waals surface area contributed by atoms with Crippen molar-refractivity contribution in [2.75, 3.05) is 51.3 Å². The SMILES string of the molecule is CCNC(=NCC(C)Cn1cccn1)N1CCN(c2cccc(OC)c2)CC1. The number of hydrogen-bond acceptors (Lipinski definition) is 4. The number of methoxy groups -OCH3 is 1. The van der Waals surface area contributed by atoms with Crippen LogP contribution in [-0.2, 0) is 6.54 Å². The van der Waals surface area contributed by atoms with Gasteiger partial charge in [0.05, 0.1) is 7.11 Å². The van der Waals surface area contributed by atoms with Crippen molar-refractivity contribution in [2.45, 2.75) is 20.4 Å². The quantitative estimate of drug-likeness (QED) is 0.586. The topological polar surface area (TPSA) is 57.9 Å². The number of piperazine rings is 1. The van der Waals surface area contributed by atoms with Gasteiger partial charge in [-0.25, -0.2) is 0 Å². The number of anilines is 1. The molecule has 0 radical (unpaired) electrons. The average molecular weight is 385 g/mol. The number of nitrogens with zero attached hydrogens (tertiary/aromatic N) is 5. The Labute approximate surface area is 168 Å². The van der Waals surface area contributed by atoms with E-state index in [9.17, 15) is 0 Å². The first-order valence-electron chi connectivity index (χ1n) is 10.1. The maximum Gasteiger partial charge on any atom is 0.194 e. The van der Waals surface area contributed by atoms with Crippen molar-refractivity contribution in [1.29, 1.82) is 0 Å². The highest BCUT2D eigenvalue weighted by molar-refractivity contribution is 5.80. The lowest BCUT2D eigenvalue weighted by atomic mass is 10.2. The highest BCUT2D eigenvalue weighted by Gasteiger charge is 2.20. The van der Waals surface area contributed by atoms with Gasteiger partial charge in [0.1, 0.15) is 5.75 Å². The standard InChI is InChI=1S/C21H32N6O/c1-4-22-21(23-16-18(2)17-27-10-6-9-24-27)26-13-11-25(12-14-26)19-7-5-8-20(15-19)28-3/h5-10,15,18H,4,11-14,16-17H2,1-3H3,(H,22,23). The Bertz CT molecular complexity index is 737. The number of hydrogen-bond donors (Lipinski definition) is 1. The molecule has 2 heterocycles. The zero-order valence-electron chi connectivity index (χ0n) is 17.2. The Kier molecular flexibility index (Phi) is 7.17. The van der Waals surface area contributed by atoms with Crippen LogP contribution in [0.2, 0.25) is 0 Å². The summed E-state index contributed by atoms with van der Waals surface area (Å²) in [6.07, 6.45) is 3.82. The first kappa shape index (κ1) is 20.0. The lowest BCUT2D eigenvalue weighted by molar-refractivity contribution is 0.369. The van der Waals surface area contributed by atoms with Gasteiger partial charge < -0.3 is 19.9 Å². The van der Waals surface area contributed by atoms with Gasteiger partial charge in [0.15, 0.2) is 5.96 Å². The maximum absolute atomic E-state index is 5.36. The molecule has 1 aliphatic rings. The molecule has 7 heteroatoms. The van der Waals surface area contributed by atoms with Gasteiger partial charge in [0.2, 0.25) is 0 Å². The van der Waals surface area contributed by atoms with Crippen molar-refractivity contribution < 1.29 is 4.74 Å². The number of benzene rings is 1. The van der Waals surface area contributed by atoms with E-state index in [1.807, 2.05) is 35.3 Å². The van der Waals surface area contributed by atoms with Crippen LogP contribution in [0, 0.1) is 5.92 Å². The lowest BCUT2D eigenvalue weighted by Gasteiger charge is -2.38. The molecule has 1 aliphatic heterocycles. The normalized spacial score (nSPS) is 16.2. The lowest BCUT2D eigenvalue weighted by Crippen LogP contribution is -2.52. The summed E-state index contributed by atoms with van der Waals surface area (Å²) in [5.74, 6) is 2.35. The second-order valence-electron chi connectivity index (χ2n) is 7.20. The fourth-order valence-electron chi connectivity index (χ4n) is 3.44. The Morgan fingerprint density at radius 3 is 2.75 bits per heavy atom. The predicted octanol–water partition coefficient (Wildman–Crippen LogP) is 2.32. The molecule has 1 unspecified atom stereocenters. The van der Waals surface area contributed by atoms with Crippen molar-refractivity contribution in [2.24, 2.45) is 10.9 Å². The number of guanidine groups is 1. The Balaban J connectivity index is 1.56. The summed E-state index contributed by atoms with van der Waals surface area (Å²) in [6, 6.07) is 10.2. The first-order chi connectivity index (χ1) is 13.7. The maximum atomic E-state index is 5.36. The van der Waals surface area contributed by atoms with Gasteiger partial charge in [-0.15, -0.1) is 0 Å². The smallest absolute Gasteiger partial charge is 0.194 e. The van der Waals surface area contributed by atoms with Crippen molar-refractivity contribution in [3.05, 3.63) is 42.7 Å². The largest absolute Gasteiger partial charge is 0.497 e. The van der Waals surface area contributed by atoms with Gasteiger partial charge in [-0.1, -0.05) is 13.0 Å². The van der Waals surface area contributed by atoms with E-state index in [0.717, 1.165) is 57.5 Å². The summed E-state index contributed by atoms with van der Waals surface area (Å²) in [5, 5.41) is 7.74. The predicted molar refractivity (Wildman–Crippen MR) is 114 cm³/mol. The van der Waals surface area contributed by atoms with Crippen molar-refractivity contribution in [1.82, 2.24) is 20.0 Å². The number of aromatic nitrogens is 2. The van der Waals surface area contributed by atoms with Crippen LogP contribution in [0.25, 0.3) is 0 Å². The van der Waals surface area contributed by atoms with Gasteiger partial charge in [0.25, 0.3) is 0 Å².